The molecule has 0 N–H and O–H groups in total. The van der Waals surface area contributed by atoms with Crippen molar-refractivity contribution in [3.8, 4) is 0 Å². The van der Waals surface area contributed by atoms with E-state index in [1.165, 1.54) is 53.9 Å². The Morgan fingerprint density at radius 1 is 0.727 bits per heavy atom. The predicted molar refractivity (Wildman–Crippen MR) is 99.4 cm³/mol. The molecule has 0 amide bonds. The molecule has 0 unspecified atom stereocenters. The van der Waals surface area contributed by atoms with Gasteiger partial charge in [0.2, 0.25) is 0 Å². The van der Waals surface area contributed by atoms with Gasteiger partial charge in [0.1, 0.15) is 0 Å². The van der Waals surface area contributed by atoms with Crippen molar-refractivity contribution in [2.45, 2.75) is 32.1 Å². The van der Waals surface area contributed by atoms with Gasteiger partial charge < -0.3 is 0 Å². The van der Waals surface area contributed by atoms with E-state index < -0.39 is 7.92 Å². The van der Waals surface area contributed by atoms with E-state index >= 15 is 0 Å². The summed E-state index contributed by atoms with van der Waals surface area (Å²) in [4.78, 5) is 0. The van der Waals surface area contributed by atoms with Crippen molar-refractivity contribution >= 4 is 18.5 Å². The van der Waals surface area contributed by atoms with Crippen molar-refractivity contribution in [3.63, 3.8) is 0 Å². The minimum absolute atomic E-state index is 0.435. The Morgan fingerprint density at radius 2 is 1.27 bits per heavy atom. The van der Waals surface area contributed by atoms with Crippen molar-refractivity contribution in [3.05, 3.63) is 84.2 Å². The fraction of sp³-hybridized carbons (Fsp3) is 0.238. The Labute approximate surface area is 135 Å². The van der Waals surface area contributed by atoms with Crippen molar-refractivity contribution in [1.29, 1.82) is 0 Å². The first-order chi connectivity index (χ1) is 10.8. The highest BCUT2D eigenvalue weighted by Gasteiger charge is 2.15. The van der Waals surface area contributed by atoms with E-state index in [1.54, 1.807) is 0 Å². The van der Waals surface area contributed by atoms with Gasteiger partial charge in [-0.15, -0.1) is 0 Å². The predicted octanol–water partition coefficient (Wildman–Crippen LogP) is 5.52. The van der Waals surface area contributed by atoms with Crippen LogP contribution in [0.25, 0.3) is 0 Å². The van der Waals surface area contributed by atoms with Crippen molar-refractivity contribution in [1.82, 2.24) is 0 Å². The first-order valence-corrected chi connectivity index (χ1v) is 9.54. The Kier molecular flexibility index (Phi) is 5.24. The topological polar surface area (TPSA) is 0 Å². The Hall–Kier alpha value is -1.65. The Morgan fingerprint density at radius 3 is 1.86 bits per heavy atom. The molecular formula is C21H23P. The van der Waals surface area contributed by atoms with E-state index in [-0.39, 0.29) is 0 Å². The van der Waals surface area contributed by atoms with Crippen LogP contribution in [0.5, 0.6) is 0 Å². The van der Waals surface area contributed by atoms with Gasteiger partial charge >= 0.3 is 0 Å². The number of hydrogen-bond acceptors (Lipinski definition) is 0. The summed E-state index contributed by atoms with van der Waals surface area (Å²) in [6.45, 7) is 4.34. The van der Waals surface area contributed by atoms with Crippen LogP contribution in [-0.4, -0.2) is 0 Å². The lowest BCUT2D eigenvalue weighted by atomic mass is 10.1. The monoisotopic (exact) mass is 306 g/mol. The van der Waals surface area contributed by atoms with Crippen LogP contribution in [0.4, 0.5) is 0 Å². The lowest BCUT2D eigenvalue weighted by Crippen LogP contribution is -2.10. The maximum absolute atomic E-state index is 4.34. The summed E-state index contributed by atoms with van der Waals surface area (Å²) in [6, 6.07) is 21.8. The van der Waals surface area contributed by atoms with E-state index in [0.717, 1.165) is 0 Å². The summed E-state index contributed by atoms with van der Waals surface area (Å²) in [5.41, 5.74) is 2.85. The zero-order valence-corrected chi connectivity index (χ0v) is 13.9. The standard InChI is InChI=1S/C21H23P/c1-18-11-5-2-6-12-19(18)17-22(20-13-7-3-8-14-20)21-15-9-4-10-16-21/h3-4,7-10,13-17H,1-2,5-6,11-12H2/b19-17+. The third-order valence-corrected chi connectivity index (χ3v) is 6.51. The zero-order valence-electron chi connectivity index (χ0n) is 13.0. The van der Waals surface area contributed by atoms with E-state index in [4.69, 9.17) is 0 Å². The smallest absolute Gasteiger partial charge is 0.0157 e. The van der Waals surface area contributed by atoms with Crippen molar-refractivity contribution < 1.29 is 0 Å². The molecule has 0 nitrogen and oxygen atoms in total. The fourth-order valence-electron chi connectivity index (χ4n) is 2.95. The van der Waals surface area contributed by atoms with Gasteiger partial charge in [0.25, 0.3) is 0 Å². The van der Waals surface area contributed by atoms with Crippen molar-refractivity contribution in [2.75, 3.05) is 0 Å². The van der Waals surface area contributed by atoms with E-state index in [1.807, 2.05) is 0 Å². The lowest BCUT2D eigenvalue weighted by Gasteiger charge is -2.17. The van der Waals surface area contributed by atoms with Crippen LogP contribution in [0.1, 0.15) is 32.1 Å². The minimum Gasteiger partial charge on any atom is -0.0956 e. The maximum Gasteiger partial charge on any atom is -0.0157 e. The molecule has 1 saturated carbocycles. The molecule has 112 valence electrons. The fourth-order valence-corrected chi connectivity index (χ4v) is 5.16. The van der Waals surface area contributed by atoms with Gasteiger partial charge in [-0.3, -0.25) is 0 Å². The summed E-state index contributed by atoms with van der Waals surface area (Å²) in [5, 5.41) is 2.85. The Bertz CT molecular complexity index is 601. The largest absolute Gasteiger partial charge is 0.0956 e. The number of benzene rings is 2. The summed E-state index contributed by atoms with van der Waals surface area (Å²) in [5.74, 6) is 2.52. The molecule has 1 fully saturated rings. The third-order valence-electron chi connectivity index (χ3n) is 4.23. The number of hydrogen-bond donors (Lipinski definition) is 0. The Balaban J connectivity index is 2.00. The summed E-state index contributed by atoms with van der Waals surface area (Å²) in [6.07, 6.45) is 6.29. The average molecular weight is 306 g/mol. The molecular weight excluding hydrogens is 283 g/mol. The van der Waals surface area contributed by atoms with Gasteiger partial charge in [-0.05, 0) is 55.6 Å². The molecule has 1 aliphatic rings. The van der Waals surface area contributed by atoms with Crippen LogP contribution in [0.15, 0.2) is 84.2 Å². The molecule has 2 aromatic rings. The SMILES string of the molecule is C=C1CCCCC/C1=C\P(c1ccccc1)c1ccccc1. The second-order valence-electron chi connectivity index (χ2n) is 5.86. The first kappa shape index (κ1) is 15.3. The van der Waals surface area contributed by atoms with Gasteiger partial charge in [-0.1, -0.05) is 79.2 Å². The van der Waals surface area contributed by atoms with Gasteiger partial charge in [0.05, 0.1) is 0 Å². The molecule has 2 aromatic carbocycles. The third kappa shape index (κ3) is 3.76. The van der Waals surface area contributed by atoms with Crippen LogP contribution in [0.3, 0.4) is 0 Å². The van der Waals surface area contributed by atoms with Gasteiger partial charge in [0.15, 0.2) is 0 Å². The highest BCUT2D eigenvalue weighted by molar-refractivity contribution is 7.75. The molecule has 0 aromatic heterocycles. The molecule has 0 spiro atoms. The molecule has 3 rings (SSSR count). The molecule has 0 bridgehead atoms. The maximum atomic E-state index is 4.34. The normalized spacial score (nSPS) is 17.7. The lowest BCUT2D eigenvalue weighted by molar-refractivity contribution is 0.719. The molecule has 0 atom stereocenters. The molecule has 0 heterocycles. The molecule has 22 heavy (non-hydrogen) atoms. The minimum atomic E-state index is -0.435. The van der Waals surface area contributed by atoms with Gasteiger partial charge in [-0.2, -0.15) is 0 Å². The number of allylic oxidation sites excluding steroid dienone is 2. The highest BCUT2D eigenvalue weighted by Crippen LogP contribution is 2.40. The van der Waals surface area contributed by atoms with E-state index in [2.05, 4.69) is 73.1 Å². The van der Waals surface area contributed by atoms with E-state index in [9.17, 15) is 0 Å². The summed E-state index contributed by atoms with van der Waals surface area (Å²) < 4.78 is 0. The van der Waals surface area contributed by atoms with E-state index in [0.29, 0.717) is 0 Å². The second kappa shape index (κ2) is 7.56. The summed E-state index contributed by atoms with van der Waals surface area (Å²) >= 11 is 0. The molecule has 1 aliphatic carbocycles. The number of rotatable bonds is 3. The van der Waals surface area contributed by atoms with Crippen LogP contribution in [0, 0.1) is 0 Å². The quantitative estimate of drug-likeness (QED) is 0.517. The van der Waals surface area contributed by atoms with Crippen LogP contribution in [0.2, 0.25) is 0 Å². The molecule has 1 heteroatoms. The van der Waals surface area contributed by atoms with Gasteiger partial charge in [-0.25, -0.2) is 0 Å². The zero-order chi connectivity index (χ0) is 15.2. The van der Waals surface area contributed by atoms with Crippen LogP contribution in [-0.2, 0) is 0 Å². The average Bonchev–Trinajstić information content (AvgIpc) is 2.78. The van der Waals surface area contributed by atoms with Crippen LogP contribution < -0.4 is 10.6 Å². The molecule has 0 aliphatic heterocycles. The summed E-state index contributed by atoms with van der Waals surface area (Å²) in [7, 11) is -0.435. The van der Waals surface area contributed by atoms with Gasteiger partial charge in [0, 0.05) is 0 Å². The molecule has 0 saturated heterocycles. The van der Waals surface area contributed by atoms with Crippen LogP contribution >= 0.6 is 7.92 Å². The second-order valence-corrected chi connectivity index (χ2v) is 7.89. The molecule has 0 radical (unpaired) electrons. The van der Waals surface area contributed by atoms with Crippen molar-refractivity contribution in [2.24, 2.45) is 0 Å². The highest BCUT2D eigenvalue weighted by atomic mass is 31.1. The first-order valence-electron chi connectivity index (χ1n) is 8.13.